The van der Waals surface area contributed by atoms with Crippen LogP contribution in [0.4, 0.5) is 0 Å². The van der Waals surface area contributed by atoms with Crippen molar-refractivity contribution in [3.8, 4) is 11.5 Å². The van der Waals surface area contributed by atoms with Gasteiger partial charge >= 0.3 is 0 Å². The molecule has 0 bridgehead atoms. The largest absolute Gasteiger partial charge is 0.294 e. The zero-order chi connectivity index (χ0) is 19.2. The molecule has 2 heterocycles. The van der Waals surface area contributed by atoms with Crippen LogP contribution in [0, 0.1) is 0 Å². The van der Waals surface area contributed by atoms with E-state index in [1.54, 1.807) is 0 Å². The average molecular weight is 355 g/mol. The molecular formula is C24H25N3. The lowest BCUT2D eigenvalue weighted by Crippen LogP contribution is -2.04. The fourth-order valence-electron chi connectivity index (χ4n) is 3.31. The van der Waals surface area contributed by atoms with Gasteiger partial charge in [0, 0.05) is 16.6 Å². The van der Waals surface area contributed by atoms with Crippen LogP contribution in [-0.2, 0) is 0 Å². The van der Waals surface area contributed by atoms with Gasteiger partial charge in [-0.25, -0.2) is 4.98 Å². The molecule has 0 atom stereocenters. The van der Waals surface area contributed by atoms with Crippen LogP contribution < -0.4 is 0 Å². The zero-order valence-corrected chi connectivity index (χ0v) is 16.1. The van der Waals surface area contributed by atoms with Gasteiger partial charge in [-0.2, -0.15) is 0 Å². The monoisotopic (exact) mass is 355 g/mol. The van der Waals surface area contributed by atoms with Gasteiger partial charge in [-0.3, -0.25) is 9.13 Å². The van der Waals surface area contributed by atoms with E-state index < -0.39 is 0 Å². The minimum Gasteiger partial charge on any atom is -0.294 e. The van der Waals surface area contributed by atoms with E-state index >= 15 is 0 Å². The number of allylic oxidation sites excluding steroid dienone is 1. The molecule has 0 saturated carbocycles. The Kier molecular flexibility index (Phi) is 5.72. The van der Waals surface area contributed by atoms with Crippen molar-refractivity contribution in [2.24, 2.45) is 0 Å². The summed E-state index contributed by atoms with van der Waals surface area (Å²) in [7, 11) is 0. The van der Waals surface area contributed by atoms with Gasteiger partial charge in [0.2, 0.25) is 0 Å². The molecule has 0 unspecified atom stereocenters. The molecule has 0 saturated heterocycles. The Hall–Kier alpha value is -3.33. The standard InChI is InChI=1S/C22H19N3.C2H6/c1-3-10-20-18(4-2)19-13-8-9-14-21(19)25(20)22-15-23-16-24(22)17-11-6-5-7-12-17;1-2/h3-16H,2H2,1H3;1-2H3/b10-3-;. The van der Waals surface area contributed by atoms with Gasteiger partial charge < -0.3 is 0 Å². The smallest absolute Gasteiger partial charge is 0.142 e. The Bertz CT molecular complexity index is 1070. The average Bonchev–Trinajstić information content (AvgIpc) is 3.32. The molecule has 0 aliphatic rings. The summed E-state index contributed by atoms with van der Waals surface area (Å²) in [5, 5.41) is 1.19. The van der Waals surface area contributed by atoms with Gasteiger partial charge in [0.25, 0.3) is 0 Å². The van der Waals surface area contributed by atoms with Crippen LogP contribution in [0.5, 0.6) is 0 Å². The first kappa shape index (κ1) is 18.5. The normalized spacial score (nSPS) is 10.8. The predicted octanol–water partition coefficient (Wildman–Crippen LogP) is 6.52. The van der Waals surface area contributed by atoms with Crippen LogP contribution in [-0.4, -0.2) is 14.1 Å². The van der Waals surface area contributed by atoms with Crippen LogP contribution in [0.3, 0.4) is 0 Å². The Balaban J connectivity index is 0.00000102. The van der Waals surface area contributed by atoms with Crippen molar-refractivity contribution in [3.63, 3.8) is 0 Å². The quantitative estimate of drug-likeness (QED) is 0.409. The Morgan fingerprint density at radius 2 is 1.67 bits per heavy atom. The van der Waals surface area contributed by atoms with Crippen molar-refractivity contribution in [1.82, 2.24) is 14.1 Å². The Labute approximate surface area is 160 Å². The lowest BCUT2D eigenvalue weighted by atomic mass is 10.1. The summed E-state index contributed by atoms with van der Waals surface area (Å²) in [6.07, 6.45) is 9.86. The number of para-hydroxylation sites is 2. The van der Waals surface area contributed by atoms with Gasteiger partial charge in [-0.05, 0) is 31.2 Å². The highest BCUT2D eigenvalue weighted by atomic mass is 15.2. The van der Waals surface area contributed by atoms with Crippen molar-refractivity contribution in [2.75, 3.05) is 0 Å². The molecule has 136 valence electrons. The number of nitrogens with zero attached hydrogens (tertiary/aromatic N) is 3. The highest BCUT2D eigenvalue weighted by molar-refractivity contribution is 5.95. The molecule has 27 heavy (non-hydrogen) atoms. The number of fused-ring (bicyclic) bond motifs is 1. The number of rotatable bonds is 4. The first-order valence-corrected chi connectivity index (χ1v) is 9.32. The third-order valence-corrected chi connectivity index (χ3v) is 4.36. The zero-order valence-electron chi connectivity index (χ0n) is 16.1. The molecule has 0 fully saturated rings. The van der Waals surface area contributed by atoms with E-state index in [2.05, 4.69) is 69.2 Å². The SMILES string of the molecule is C=Cc1c(/C=C\C)n(-c2cncn2-c2ccccc2)c2ccccc12.CC. The maximum absolute atomic E-state index is 4.41. The second kappa shape index (κ2) is 8.37. The number of hydrogen-bond donors (Lipinski definition) is 0. The molecular weight excluding hydrogens is 330 g/mol. The van der Waals surface area contributed by atoms with Crippen LogP contribution in [0.15, 0.2) is 79.8 Å². The van der Waals surface area contributed by atoms with Crippen LogP contribution in [0.1, 0.15) is 32.0 Å². The molecule has 0 radical (unpaired) electrons. The third-order valence-electron chi connectivity index (χ3n) is 4.36. The highest BCUT2D eigenvalue weighted by Gasteiger charge is 2.17. The Morgan fingerprint density at radius 1 is 0.963 bits per heavy atom. The van der Waals surface area contributed by atoms with Gasteiger partial charge in [0.1, 0.15) is 12.1 Å². The minimum absolute atomic E-state index is 1.00. The fraction of sp³-hybridized carbons (Fsp3) is 0.125. The summed E-state index contributed by atoms with van der Waals surface area (Å²) in [6, 6.07) is 18.7. The third kappa shape index (κ3) is 3.24. The van der Waals surface area contributed by atoms with Gasteiger partial charge in [-0.1, -0.05) is 69.0 Å². The molecule has 2 aromatic heterocycles. The molecule has 0 N–H and O–H groups in total. The summed E-state index contributed by atoms with van der Waals surface area (Å²) in [5.74, 6) is 1.00. The predicted molar refractivity (Wildman–Crippen MR) is 117 cm³/mol. The van der Waals surface area contributed by atoms with Crippen molar-refractivity contribution >= 4 is 23.1 Å². The summed E-state index contributed by atoms with van der Waals surface area (Å²) in [4.78, 5) is 4.41. The molecule has 3 heteroatoms. The number of benzene rings is 2. The number of imidazole rings is 1. The fourth-order valence-corrected chi connectivity index (χ4v) is 3.31. The van der Waals surface area contributed by atoms with E-state index in [1.807, 2.05) is 57.6 Å². The van der Waals surface area contributed by atoms with Crippen LogP contribution in [0.2, 0.25) is 0 Å². The molecule has 3 nitrogen and oxygen atoms in total. The van der Waals surface area contributed by atoms with Gasteiger partial charge in [0.05, 0.1) is 17.4 Å². The topological polar surface area (TPSA) is 22.8 Å². The van der Waals surface area contributed by atoms with E-state index in [0.717, 1.165) is 28.3 Å². The molecule has 0 aliphatic carbocycles. The molecule has 0 spiro atoms. The van der Waals surface area contributed by atoms with Crippen LogP contribution in [0.25, 0.3) is 34.6 Å². The molecule has 0 amide bonds. The summed E-state index contributed by atoms with van der Waals surface area (Å²) >= 11 is 0. The molecule has 2 aromatic carbocycles. The number of aromatic nitrogens is 3. The first-order chi connectivity index (χ1) is 13.3. The summed E-state index contributed by atoms with van der Waals surface area (Å²) in [5.41, 5.74) is 4.47. The van der Waals surface area contributed by atoms with E-state index in [0.29, 0.717) is 0 Å². The Morgan fingerprint density at radius 3 is 2.37 bits per heavy atom. The maximum atomic E-state index is 4.41. The minimum atomic E-state index is 1.00. The molecule has 4 aromatic rings. The lowest BCUT2D eigenvalue weighted by molar-refractivity contribution is 0.945. The second-order valence-corrected chi connectivity index (χ2v) is 5.81. The van der Waals surface area contributed by atoms with E-state index in [1.165, 1.54) is 5.39 Å². The summed E-state index contributed by atoms with van der Waals surface area (Å²) in [6.45, 7) is 10.1. The van der Waals surface area contributed by atoms with Crippen molar-refractivity contribution in [3.05, 3.63) is 91.0 Å². The maximum Gasteiger partial charge on any atom is 0.142 e. The number of hydrogen-bond acceptors (Lipinski definition) is 1. The van der Waals surface area contributed by atoms with Crippen molar-refractivity contribution in [2.45, 2.75) is 20.8 Å². The van der Waals surface area contributed by atoms with Crippen LogP contribution >= 0.6 is 0 Å². The van der Waals surface area contributed by atoms with E-state index in [9.17, 15) is 0 Å². The van der Waals surface area contributed by atoms with E-state index in [-0.39, 0.29) is 0 Å². The van der Waals surface area contributed by atoms with Gasteiger partial charge in [-0.15, -0.1) is 0 Å². The van der Waals surface area contributed by atoms with E-state index in [4.69, 9.17) is 0 Å². The van der Waals surface area contributed by atoms with Gasteiger partial charge in [0.15, 0.2) is 0 Å². The van der Waals surface area contributed by atoms with Crippen molar-refractivity contribution < 1.29 is 0 Å². The van der Waals surface area contributed by atoms with Crippen molar-refractivity contribution in [1.29, 1.82) is 0 Å². The summed E-state index contributed by atoms with van der Waals surface area (Å²) < 4.78 is 4.35. The highest BCUT2D eigenvalue weighted by Crippen LogP contribution is 2.32. The first-order valence-electron chi connectivity index (χ1n) is 9.32. The molecule has 4 rings (SSSR count). The molecule has 0 aliphatic heterocycles. The second-order valence-electron chi connectivity index (χ2n) is 5.81. The lowest BCUT2D eigenvalue weighted by Gasteiger charge is -2.12.